The molecule has 1 heterocycles. The summed E-state index contributed by atoms with van der Waals surface area (Å²) in [5.41, 5.74) is 0.476. The van der Waals surface area contributed by atoms with E-state index in [0.717, 1.165) is 0 Å². The van der Waals surface area contributed by atoms with Gasteiger partial charge in [0.15, 0.2) is 0 Å². The van der Waals surface area contributed by atoms with Crippen molar-refractivity contribution in [2.75, 3.05) is 5.32 Å². The minimum atomic E-state index is -1.01. The van der Waals surface area contributed by atoms with Crippen LogP contribution < -0.4 is 5.32 Å². The van der Waals surface area contributed by atoms with E-state index in [1.54, 1.807) is 25.1 Å². The van der Waals surface area contributed by atoms with E-state index in [9.17, 15) is 9.90 Å². The lowest BCUT2D eigenvalue weighted by atomic mass is 10.1. The maximum absolute atomic E-state index is 11.7. The normalized spacial score (nSPS) is 12.2. The highest BCUT2D eigenvalue weighted by Crippen LogP contribution is 2.25. The molecule has 1 aromatic carbocycles. The zero-order valence-corrected chi connectivity index (χ0v) is 12.0. The van der Waals surface area contributed by atoms with E-state index < -0.39 is 12.0 Å². The summed E-state index contributed by atoms with van der Waals surface area (Å²) in [4.78, 5) is 15.7. The summed E-state index contributed by atoms with van der Waals surface area (Å²) in [5, 5.41) is 19.6. The van der Waals surface area contributed by atoms with Gasteiger partial charge in [-0.2, -0.15) is 4.98 Å². The molecule has 1 atom stereocenters. The van der Waals surface area contributed by atoms with Crippen molar-refractivity contribution < 1.29 is 9.90 Å². The number of carbonyl (C=O) groups excluding carboxylic acids is 1. The summed E-state index contributed by atoms with van der Waals surface area (Å²) in [7, 11) is 0. The smallest absolute Gasteiger partial charge is 0.248 e. The number of hydrogen-bond donors (Lipinski definition) is 3. The molecule has 1 aromatic heterocycles. The summed E-state index contributed by atoms with van der Waals surface area (Å²) in [6, 6.07) is 4.67. The number of aliphatic hydroxyl groups excluding tert-OH is 1. The fourth-order valence-corrected chi connectivity index (χ4v) is 2.18. The van der Waals surface area contributed by atoms with E-state index in [0.29, 0.717) is 21.4 Å². The molecular weight excluding hydrogens is 303 g/mol. The quantitative estimate of drug-likeness (QED) is 0.808. The first-order chi connectivity index (χ1) is 9.44. The third-order valence-electron chi connectivity index (χ3n) is 2.50. The van der Waals surface area contributed by atoms with Gasteiger partial charge in [0.2, 0.25) is 11.9 Å². The lowest BCUT2D eigenvalue weighted by Gasteiger charge is -2.11. The summed E-state index contributed by atoms with van der Waals surface area (Å²) in [6.07, 6.45) is -1.16. The second-order valence-corrected chi connectivity index (χ2v) is 5.09. The molecule has 0 spiro atoms. The molecule has 8 heteroatoms. The molecule has 0 aliphatic heterocycles. The Bertz CT molecular complexity index is 609. The number of aromatic nitrogens is 3. The molecule has 0 fully saturated rings. The van der Waals surface area contributed by atoms with Crippen LogP contribution in [0.25, 0.3) is 0 Å². The average Bonchev–Trinajstić information content (AvgIpc) is 2.73. The van der Waals surface area contributed by atoms with E-state index in [-0.39, 0.29) is 12.4 Å². The summed E-state index contributed by atoms with van der Waals surface area (Å²) in [5.74, 6) is 0.346. The standard InChI is InChI=1S/C12H12Cl2N4O2/c1-6-15-12(18-17-6)16-11(20)5-10(19)7-2-8(13)4-9(14)3-7/h2-4,10,19H,5H2,1H3,(H2,15,16,17,18,20). The zero-order chi connectivity index (χ0) is 14.7. The second kappa shape index (κ2) is 6.21. The monoisotopic (exact) mass is 314 g/mol. The van der Waals surface area contributed by atoms with Crippen LogP contribution in [-0.4, -0.2) is 26.2 Å². The molecule has 6 nitrogen and oxygen atoms in total. The van der Waals surface area contributed by atoms with Gasteiger partial charge in [-0.1, -0.05) is 23.2 Å². The molecule has 0 saturated heterocycles. The van der Waals surface area contributed by atoms with Crippen LogP contribution >= 0.6 is 23.2 Å². The Morgan fingerprint density at radius 3 is 2.60 bits per heavy atom. The Balaban J connectivity index is 2.00. The largest absolute Gasteiger partial charge is 0.388 e. The molecule has 106 valence electrons. The molecule has 1 amide bonds. The first-order valence-corrected chi connectivity index (χ1v) is 6.52. The lowest BCUT2D eigenvalue weighted by molar-refractivity contribution is -0.118. The first kappa shape index (κ1) is 14.8. The fraction of sp³-hybridized carbons (Fsp3) is 0.250. The molecule has 0 saturated carbocycles. The Morgan fingerprint density at radius 2 is 2.05 bits per heavy atom. The van der Waals surface area contributed by atoms with Crippen molar-refractivity contribution in [3.63, 3.8) is 0 Å². The van der Waals surface area contributed by atoms with Crippen LogP contribution in [0.4, 0.5) is 5.95 Å². The van der Waals surface area contributed by atoms with Gasteiger partial charge >= 0.3 is 0 Å². The lowest BCUT2D eigenvalue weighted by Crippen LogP contribution is -2.16. The van der Waals surface area contributed by atoms with E-state index in [1.807, 2.05) is 0 Å². The number of H-pyrrole nitrogens is 1. The molecule has 0 aliphatic rings. The van der Waals surface area contributed by atoms with Gasteiger partial charge in [-0.05, 0) is 30.7 Å². The number of nitrogens with zero attached hydrogens (tertiary/aromatic N) is 2. The maximum atomic E-state index is 11.7. The first-order valence-electron chi connectivity index (χ1n) is 5.77. The second-order valence-electron chi connectivity index (χ2n) is 4.22. The average molecular weight is 315 g/mol. The topological polar surface area (TPSA) is 90.9 Å². The molecule has 20 heavy (non-hydrogen) atoms. The molecule has 0 radical (unpaired) electrons. The summed E-state index contributed by atoms with van der Waals surface area (Å²) < 4.78 is 0. The number of hydrogen-bond acceptors (Lipinski definition) is 4. The van der Waals surface area contributed by atoms with Gasteiger partial charge in [0, 0.05) is 10.0 Å². The van der Waals surface area contributed by atoms with Crippen molar-refractivity contribution >= 4 is 35.1 Å². The fourth-order valence-electron chi connectivity index (χ4n) is 1.64. The van der Waals surface area contributed by atoms with Crippen molar-refractivity contribution in [1.82, 2.24) is 15.2 Å². The van der Waals surface area contributed by atoms with Gasteiger partial charge in [-0.3, -0.25) is 15.2 Å². The number of anilines is 1. The molecule has 2 aromatic rings. The van der Waals surface area contributed by atoms with E-state index in [1.165, 1.54) is 0 Å². The minimum Gasteiger partial charge on any atom is -0.388 e. The maximum Gasteiger partial charge on any atom is 0.248 e. The Kier molecular flexibility index (Phi) is 4.59. The van der Waals surface area contributed by atoms with E-state index in [2.05, 4.69) is 20.5 Å². The SMILES string of the molecule is Cc1nc(NC(=O)CC(O)c2cc(Cl)cc(Cl)c2)n[nH]1. The van der Waals surface area contributed by atoms with Crippen molar-refractivity contribution in [3.05, 3.63) is 39.6 Å². The van der Waals surface area contributed by atoms with E-state index >= 15 is 0 Å². The highest BCUT2D eigenvalue weighted by atomic mass is 35.5. The number of halogens is 2. The number of benzene rings is 1. The Morgan fingerprint density at radius 1 is 1.40 bits per heavy atom. The van der Waals surface area contributed by atoms with Gasteiger partial charge < -0.3 is 5.11 Å². The van der Waals surface area contributed by atoms with Crippen LogP contribution in [0.5, 0.6) is 0 Å². The molecular formula is C12H12Cl2N4O2. The van der Waals surface area contributed by atoms with Crippen molar-refractivity contribution in [1.29, 1.82) is 0 Å². The van der Waals surface area contributed by atoms with Gasteiger partial charge in [-0.25, -0.2) is 0 Å². The van der Waals surface area contributed by atoms with Crippen LogP contribution in [0.15, 0.2) is 18.2 Å². The van der Waals surface area contributed by atoms with Crippen LogP contribution in [0, 0.1) is 6.92 Å². The summed E-state index contributed by atoms with van der Waals surface area (Å²) >= 11 is 11.7. The minimum absolute atomic E-state index is 0.149. The highest BCUT2D eigenvalue weighted by molar-refractivity contribution is 6.34. The van der Waals surface area contributed by atoms with Gasteiger partial charge in [-0.15, -0.1) is 5.10 Å². The van der Waals surface area contributed by atoms with Crippen molar-refractivity contribution in [3.8, 4) is 0 Å². The number of amides is 1. The predicted molar refractivity (Wildman–Crippen MR) is 75.8 cm³/mol. The predicted octanol–water partition coefficient (Wildman–Crippen LogP) is 2.48. The summed E-state index contributed by atoms with van der Waals surface area (Å²) in [6.45, 7) is 1.71. The number of rotatable bonds is 4. The van der Waals surface area contributed by atoms with Crippen molar-refractivity contribution in [2.45, 2.75) is 19.4 Å². The van der Waals surface area contributed by atoms with E-state index in [4.69, 9.17) is 23.2 Å². The Hall–Kier alpha value is -1.63. The van der Waals surface area contributed by atoms with Gasteiger partial charge in [0.25, 0.3) is 0 Å². The highest BCUT2D eigenvalue weighted by Gasteiger charge is 2.15. The third kappa shape index (κ3) is 3.93. The zero-order valence-electron chi connectivity index (χ0n) is 10.5. The molecule has 3 N–H and O–H groups in total. The van der Waals surface area contributed by atoms with Crippen LogP contribution in [0.3, 0.4) is 0 Å². The van der Waals surface area contributed by atoms with Gasteiger partial charge in [0.05, 0.1) is 12.5 Å². The molecule has 0 bridgehead atoms. The molecule has 2 rings (SSSR count). The number of aromatic amines is 1. The van der Waals surface area contributed by atoms with Crippen LogP contribution in [-0.2, 0) is 4.79 Å². The number of aryl methyl sites for hydroxylation is 1. The van der Waals surface area contributed by atoms with Gasteiger partial charge in [0.1, 0.15) is 5.82 Å². The Labute approximate surface area is 125 Å². The van der Waals surface area contributed by atoms with Crippen LogP contribution in [0.1, 0.15) is 23.9 Å². The van der Waals surface area contributed by atoms with Crippen LogP contribution in [0.2, 0.25) is 10.0 Å². The van der Waals surface area contributed by atoms with Crippen molar-refractivity contribution in [2.24, 2.45) is 0 Å². The molecule has 0 aliphatic carbocycles. The number of aliphatic hydroxyl groups is 1. The number of carbonyl (C=O) groups is 1. The molecule has 1 unspecified atom stereocenters. The third-order valence-corrected chi connectivity index (χ3v) is 2.93. The number of nitrogens with one attached hydrogen (secondary N) is 2.